The highest BCUT2D eigenvalue weighted by atomic mass is 15.1. The second-order valence-corrected chi connectivity index (χ2v) is 3.16. The zero-order valence-corrected chi connectivity index (χ0v) is 9.33. The fraction of sp³-hybridized carbons (Fsp3) is 0.385. The average Bonchev–Trinajstić information content (AvgIpc) is 2.45. The van der Waals surface area contributed by atoms with Crippen molar-refractivity contribution in [1.82, 2.24) is 0 Å². The normalized spacial score (nSPS) is 13.8. The summed E-state index contributed by atoms with van der Waals surface area (Å²) in [6, 6.07) is 8.58. The van der Waals surface area contributed by atoms with E-state index in [2.05, 4.69) is 48.5 Å². The van der Waals surface area contributed by atoms with Gasteiger partial charge in [-0.05, 0) is 30.7 Å². The quantitative estimate of drug-likeness (QED) is 0.602. The first-order valence-electron chi connectivity index (χ1n) is 5.35. The van der Waals surface area contributed by atoms with Crippen molar-refractivity contribution in [3.05, 3.63) is 42.1 Å². The van der Waals surface area contributed by atoms with E-state index in [1.807, 2.05) is 13.8 Å². The molecule has 14 heavy (non-hydrogen) atoms. The van der Waals surface area contributed by atoms with E-state index in [-0.39, 0.29) is 0 Å². The highest BCUT2D eigenvalue weighted by Gasteiger charge is 2.05. The van der Waals surface area contributed by atoms with Gasteiger partial charge in [0.05, 0.1) is 0 Å². The lowest BCUT2D eigenvalue weighted by Crippen LogP contribution is -2.08. The molecule has 0 atom stereocenters. The fourth-order valence-electron chi connectivity index (χ4n) is 1.62. The lowest BCUT2D eigenvalue weighted by molar-refractivity contribution is 1.01. The second-order valence-electron chi connectivity index (χ2n) is 3.16. The molecule has 1 aromatic rings. The molecule has 0 aliphatic carbocycles. The molecule has 0 fully saturated rings. The molecule has 0 aromatic heterocycles. The van der Waals surface area contributed by atoms with E-state index >= 15 is 0 Å². The van der Waals surface area contributed by atoms with Crippen molar-refractivity contribution in [3.8, 4) is 0 Å². The van der Waals surface area contributed by atoms with Crippen molar-refractivity contribution >= 4 is 5.69 Å². The first-order chi connectivity index (χ1) is 6.88. The van der Waals surface area contributed by atoms with Crippen LogP contribution in [-0.4, -0.2) is 7.05 Å². The molecule has 1 heteroatoms. The Labute approximate surface area is 87.1 Å². The van der Waals surface area contributed by atoms with E-state index in [4.69, 9.17) is 0 Å². The van der Waals surface area contributed by atoms with Gasteiger partial charge in [-0.15, -0.1) is 0 Å². The number of fused-ring (bicyclic) bond motifs is 1. The van der Waals surface area contributed by atoms with E-state index in [9.17, 15) is 0 Å². The molecule has 0 amide bonds. The molecule has 2 rings (SSSR count). The van der Waals surface area contributed by atoms with Gasteiger partial charge >= 0.3 is 0 Å². The Balaban J connectivity index is 0.000000461. The summed E-state index contributed by atoms with van der Waals surface area (Å²) in [7, 11) is 2.10. The van der Waals surface area contributed by atoms with Crippen LogP contribution in [0.25, 0.3) is 0 Å². The Kier molecular flexibility index (Phi) is 4.24. The van der Waals surface area contributed by atoms with Gasteiger partial charge in [0.15, 0.2) is 0 Å². The molecule has 1 nitrogen and oxygen atoms in total. The number of anilines is 1. The summed E-state index contributed by atoms with van der Waals surface area (Å²) < 4.78 is 0. The van der Waals surface area contributed by atoms with Crippen LogP contribution in [0, 0.1) is 0 Å². The number of hydrogen-bond donors (Lipinski definition) is 0. The molecule has 0 N–H and O–H groups in total. The van der Waals surface area contributed by atoms with E-state index in [0.717, 1.165) is 12.8 Å². The molecule has 0 unspecified atom stereocenters. The lowest BCUT2D eigenvalue weighted by Gasteiger charge is -2.15. The number of hydrogen-bond acceptors (Lipinski definition) is 1. The van der Waals surface area contributed by atoms with Gasteiger partial charge in [0.25, 0.3) is 0 Å². The topological polar surface area (TPSA) is 3.24 Å². The maximum atomic E-state index is 2.22. The van der Waals surface area contributed by atoms with Crippen molar-refractivity contribution in [2.45, 2.75) is 26.7 Å². The number of aryl methyl sites for hydroxylation is 1. The molecule has 0 saturated heterocycles. The van der Waals surface area contributed by atoms with Crippen LogP contribution in [-0.2, 0) is 6.42 Å². The van der Waals surface area contributed by atoms with Gasteiger partial charge in [-0.25, -0.2) is 0 Å². The largest absolute Gasteiger partial charge is 0.351 e. The third-order valence-electron chi connectivity index (χ3n) is 2.28. The van der Waals surface area contributed by atoms with Crippen molar-refractivity contribution < 1.29 is 0 Å². The molecule has 0 spiro atoms. The fourth-order valence-corrected chi connectivity index (χ4v) is 1.62. The molecule has 1 heterocycles. The van der Waals surface area contributed by atoms with Gasteiger partial charge in [-0.1, -0.05) is 38.1 Å². The average molecular weight is 189 g/mol. The number of nitrogens with zero attached hydrogens (tertiary/aromatic N) is 1. The van der Waals surface area contributed by atoms with Crippen LogP contribution in [0.15, 0.2) is 36.5 Å². The molecule has 1 aliphatic rings. The number of rotatable bonds is 0. The minimum absolute atomic E-state index is 1.15. The van der Waals surface area contributed by atoms with Gasteiger partial charge in [0.2, 0.25) is 0 Å². The van der Waals surface area contributed by atoms with Gasteiger partial charge in [-0.2, -0.15) is 0 Å². The van der Waals surface area contributed by atoms with Crippen LogP contribution >= 0.6 is 0 Å². The number of para-hydroxylation sites is 1. The molecular weight excluding hydrogens is 170 g/mol. The first-order valence-corrected chi connectivity index (χ1v) is 5.35. The maximum absolute atomic E-state index is 2.22. The third-order valence-corrected chi connectivity index (χ3v) is 2.28. The molecule has 1 aromatic carbocycles. The van der Waals surface area contributed by atoms with Crippen LogP contribution in [0.3, 0.4) is 0 Å². The van der Waals surface area contributed by atoms with Crippen LogP contribution in [0.5, 0.6) is 0 Å². The standard InChI is InChI=1S/C11H13N.C2H6/c1-12-9-5-4-7-10-6-2-3-8-11(10)12;1-2/h2-3,5-6,8-9H,4,7H2,1H3;1-2H3. The summed E-state index contributed by atoms with van der Waals surface area (Å²) in [5.41, 5.74) is 2.79. The monoisotopic (exact) mass is 189 g/mol. The van der Waals surface area contributed by atoms with Gasteiger partial charge in [0.1, 0.15) is 0 Å². The molecule has 76 valence electrons. The van der Waals surface area contributed by atoms with E-state index in [1.165, 1.54) is 11.3 Å². The van der Waals surface area contributed by atoms with Gasteiger partial charge in [-0.3, -0.25) is 0 Å². The van der Waals surface area contributed by atoms with Gasteiger partial charge in [0, 0.05) is 12.7 Å². The summed E-state index contributed by atoms with van der Waals surface area (Å²) in [5, 5.41) is 0. The van der Waals surface area contributed by atoms with Crippen LogP contribution in [0.1, 0.15) is 25.8 Å². The summed E-state index contributed by atoms with van der Waals surface area (Å²) >= 11 is 0. The van der Waals surface area contributed by atoms with E-state index in [0.29, 0.717) is 0 Å². The van der Waals surface area contributed by atoms with Crippen LogP contribution in [0.4, 0.5) is 5.69 Å². The molecule has 0 saturated carbocycles. The van der Waals surface area contributed by atoms with E-state index < -0.39 is 0 Å². The summed E-state index contributed by atoms with van der Waals surface area (Å²) in [4.78, 5) is 2.18. The predicted molar refractivity (Wildman–Crippen MR) is 63.7 cm³/mol. The van der Waals surface area contributed by atoms with Crippen LogP contribution in [0.2, 0.25) is 0 Å². The molecule has 1 aliphatic heterocycles. The molecule has 0 radical (unpaired) electrons. The molecule has 0 bridgehead atoms. The Bertz CT molecular complexity index is 302. The Morgan fingerprint density at radius 1 is 1.14 bits per heavy atom. The van der Waals surface area contributed by atoms with Crippen molar-refractivity contribution in [2.24, 2.45) is 0 Å². The Morgan fingerprint density at radius 2 is 1.86 bits per heavy atom. The third kappa shape index (κ3) is 2.38. The Morgan fingerprint density at radius 3 is 2.64 bits per heavy atom. The number of allylic oxidation sites excluding steroid dienone is 1. The number of benzene rings is 1. The smallest absolute Gasteiger partial charge is 0.0436 e. The lowest BCUT2D eigenvalue weighted by atomic mass is 10.1. The van der Waals surface area contributed by atoms with Crippen molar-refractivity contribution in [1.29, 1.82) is 0 Å². The Hall–Kier alpha value is -1.24. The van der Waals surface area contributed by atoms with Crippen LogP contribution < -0.4 is 4.90 Å². The van der Waals surface area contributed by atoms with E-state index in [1.54, 1.807) is 0 Å². The zero-order valence-electron chi connectivity index (χ0n) is 9.33. The highest BCUT2D eigenvalue weighted by Crippen LogP contribution is 2.23. The SMILES string of the molecule is CC.CN1C=CCCc2ccccc21. The first kappa shape index (κ1) is 10.8. The second kappa shape index (κ2) is 5.48. The van der Waals surface area contributed by atoms with Gasteiger partial charge < -0.3 is 4.90 Å². The zero-order chi connectivity index (χ0) is 10.4. The summed E-state index contributed by atoms with van der Waals surface area (Å²) in [5.74, 6) is 0. The minimum atomic E-state index is 1.15. The molecular formula is C13H19N. The summed E-state index contributed by atoms with van der Waals surface area (Å²) in [6.07, 6.45) is 6.68. The minimum Gasteiger partial charge on any atom is -0.351 e. The summed E-state index contributed by atoms with van der Waals surface area (Å²) in [6.45, 7) is 4.00. The predicted octanol–water partition coefficient (Wildman–Crippen LogP) is 3.61. The maximum Gasteiger partial charge on any atom is 0.0436 e. The highest BCUT2D eigenvalue weighted by molar-refractivity contribution is 5.56. The van der Waals surface area contributed by atoms with Crippen molar-refractivity contribution in [3.63, 3.8) is 0 Å². The van der Waals surface area contributed by atoms with Crippen molar-refractivity contribution in [2.75, 3.05) is 11.9 Å².